The molecule has 0 saturated carbocycles. The highest BCUT2D eigenvalue weighted by Gasteiger charge is 2.27. The molecule has 1 fully saturated rings. The summed E-state index contributed by atoms with van der Waals surface area (Å²) in [7, 11) is 0. The van der Waals surface area contributed by atoms with Crippen molar-refractivity contribution >= 4 is 16.8 Å². The van der Waals surface area contributed by atoms with Crippen molar-refractivity contribution < 1.29 is 9.90 Å². The average Bonchev–Trinajstić information content (AvgIpc) is 2.93. The first-order valence-electron chi connectivity index (χ1n) is 6.11. The maximum Gasteiger partial charge on any atom is 0.225 e. The van der Waals surface area contributed by atoms with Crippen molar-refractivity contribution in [3.05, 3.63) is 30.0 Å². The number of carbonyl (C=O) groups is 1. The van der Waals surface area contributed by atoms with E-state index in [0.717, 1.165) is 17.3 Å². The molecule has 1 amide bonds. The van der Waals surface area contributed by atoms with Gasteiger partial charge in [-0.25, -0.2) is 0 Å². The smallest absolute Gasteiger partial charge is 0.225 e. The Morgan fingerprint density at radius 2 is 2.39 bits per heavy atom. The van der Waals surface area contributed by atoms with Crippen molar-refractivity contribution in [2.75, 3.05) is 13.1 Å². The van der Waals surface area contributed by atoms with Crippen LogP contribution >= 0.6 is 0 Å². The lowest BCUT2D eigenvalue weighted by molar-refractivity contribution is -0.127. The lowest BCUT2D eigenvalue weighted by Crippen LogP contribution is -2.28. The summed E-state index contributed by atoms with van der Waals surface area (Å²) in [5.41, 5.74) is 2.19. The monoisotopic (exact) mass is 245 g/mol. The predicted molar refractivity (Wildman–Crippen MR) is 67.0 cm³/mol. The summed E-state index contributed by atoms with van der Waals surface area (Å²) in [6.45, 7) is 1.11. The van der Waals surface area contributed by atoms with Gasteiger partial charge in [-0.1, -0.05) is 12.1 Å². The highest BCUT2D eigenvalue weighted by molar-refractivity contribution is 5.82. The summed E-state index contributed by atoms with van der Waals surface area (Å²) >= 11 is 0. The van der Waals surface area contributed by atoms with E-state index in [1.54, 1.807) is 4.90 Å². The van der Waals surface area contributed by atoms with Gasteiger partial charge in [0, 0.05) is 18.5 Å². The number of fused-ring (bicyclic) bond motifs is 1. The van der Waals surface area contributed by atoms with E-state index in [4.69, 9.17) is 0 Å². The summed E-state index contributed by atoms with van der Waals surface area (Å²) in [6, 6.07) is 6.02. The van der Waals surface area contributed by atoms with E-state index in [1.807, 2.05) is 18.3 Å². The van der Waals surface area contributed by atoms with Crippen molar-refractivity contribution in [3.63, 3.8) is 0 Å². The van der Waals surface area contributed by atoms with Crippen molar-refractivity contribution in [1.29, 1.82) is 0 Å². The molecule has 2 aromatic rings. The van der Waals surface area contributed by atoms with Crippen LogP contribution < -0.4 is 0 Å². The Bertz CT molecular complexity index is 578. The van der Waals surface area contributed by atoms with Crippen LogP contribution in [-0.2, 0) is 11.2 Å². The second-order valence-electron chi connectivity index (χ2n) is 4.70. The molecule has 3 rings (SSSR count). The number of carbonyl (C=O) groups excluding carboxylic acids is 1. The van der Waals surface area contributed by atoms with Crippen LogP contribution in [0.5, 0.6) is 0 Å². The first-order chi connectivity index (χ1) is 8.74. The standard InChI is InChI=1S/C13H15N3O2/c17-10-6-13(18)16(8-10)5-4-9-2-1-3-12-11(9)7-14-15-12/h1-3,7,10,17H,4-6,8H2,(H,14,15). The van der Waals surface area contributed by atoms with Gasteiger partial charge in [0.2, 0.25) is 5.91 Å². The minimum absolute atomic E-state index is 0.0434. The van der Waals surface area contributed by atoms with Gasteiger partial charge < -0.3 is 10.0 Å². The van der Waals surface area contributed by atoms with Crippen LogP contribution in [0.1, 0.15) is 12.0 Å². The summed E-state index contributed by atoms with van der Waals surface area (Å²) in [6.07, 6.45) is 2.36. The Kier molecular flexibility index (Phi) is 2.76. The highest BCUT2D eigenvalue weighted by Crippen LogP contribution is 2.18. The Labute approximate surface area is 104 Å². The number of benzene rings is 1. The van der Waals surface area contributed by atoms with Crippen molar-refractivity contribution in [1.82, 2.24) is 15.1 Å². The van der Waals surface area contributed by atoms with Gasteiger partial charge in [0.25, 0.3) is 0 Å². The predicted octanol–water partition coefficient (Wildman–Crippen LogP) is 0.699. The molecule has 2 heterocycles. The first-order valence-corrected chi connectivity index (χ1v) is 6.11. The number of nitrogens with one attached hydrogen (secondary N) is 1. The lowest BCUT2D eigenvalue weighted by Gasteiger charge is -2.15. The number of aliphatic hydroxyl groups is 1. The van der Waals surface area contributed by atoms with Crippen LogP contribution in [0.2, 0.25) is 0 Å². The zero-order valence-corrected chi connectivity index (χ0v) is 9.97. The van der Waals surface area contributed by atoms with Gasteiger partial charge in [-0.15, -0.1) is 0 Å². The fourth-order valence-corrected chi connectivity index (χ4v) is 2.47. The van der Waals surface area contributed by atoms with Gasteiger partial charge in [0.15, 0.2) is 0 Å². The molecular weight excluding hydrogens is 230 g/mol. The number of nitrogens with zero attached hydrogens (tertiary/aromatic N) is 2. The molecular formula is C13H15N3O2. The van der Waals surface area contributed by atoms with Crippen LogP contribution in [0.25, 0.3) is 10.9 Å². The van der Waals surface area contributed by atoms with E-state index in [1.165, 1.54) is 5.56 Å². The van der Waals surface area contributed by atoms with E-state index in [9.17, 15) is 9.90 Å². The molecule has 18 heavy (non-hydrogen) atoms. The minimum atomic E-state index is -0.498. The quantitative estimate of drug-likeness (QED) is 0.836. The summed E-state index contributed by atoms with van der Waals surface area (Å²) < 4.78 is 0. The SMILES string of the molecule is O=C1CC(O)CN1CCc1cccc2[nH]ncc12. The van der Waals surface area contributed by atoms with Crippen LogP contribution in [0.4, 0.5) is 0 Å². The van der Waals surface area contributed by atoms with Gasteiger partial charge in [-0.05, 0) is 18.1 Å². The third-order valence-electron chi connectivity index (χ3n) is 3.42. The Morgan fingerprint density at radius 1 is 1.50 bits per heavy atom. The molecule has 1 aromatic heterocycles. The number of β-amino-alcohol motifs (C(OH)–C–C–N with tert-alkyl or cyclic N) is 1. The van der Waals surface area contributed by atoms with Gasteiger partial charge in [-0.2, -0.15) is 5.10 Å². The van der Waals surface area contributed by atoms with Gasteiger partial charge in [0.1, 0.15) is 0 Å². The number of rotatable bonds is 3. The lowest BCUT2D eigenvalue weighted by atomic mass is 10.1. The molecule has 5 heteroatoms. The fraction of sp³-hybridized carbons (Fsp3) is 0.385. The summed E-state index contributed by atoms with van der Waals surface area (Å²) in [4.78, 5) is 13.3. The molecule has 1 aliphatic heterocycles. The highest BCUT2D eigenvalue weighted by atomic mass is 16.3. The van der Waals surface area contributed by atoms with Crippen LogP contribution in [0, 0.1) is 0 Å². The van der Waals surface area contributed by atoms with E-state index in [0.29, 0.717) is 13.1 Å². The van der Waals surface area contributed by atoms with Crippen LogP contribution in [0.3, 0.4) is 0 Å². The molecule has 94 valence electrons. The average molecular weight is 245 g/mol. The maximum absolute atomic E-state index is 11.6. The molecule has 1 aromatic carbocycles. The zero-order chi connectivity index (χ0) is 12.5. The number of likely N-dealkylation sites (tertiary alicyclic amines) is 1. The Hall–Kier alpha value is -1.88. The topological polar surface area (TPSA) is 69.2 Å². The molecule has 0 aliphatic carbocycles. The largest absolute Gasteiger partial charge is 0.391 e. The second kappa shape index (κ2) is 4.42. The van der Waals surface area contributed by atoms with Crippen molar-refractivity contribution in [2.24, 2.45) is 0 Å². The third-order valence-corrected chi connectivity index (χ3v) is 3.42. The number of aromatic nitrogens is 2. The number of aliphatic hydroxyl groups excluding tert-OH is 1. The van der Waals surface area contributed by atoms with E-state index < -0.39 is 6.10 Å². The zero-order valence-electron chi connectivity index (χ0n) is 9.97. The van der Waals surface area contributed by atoms with Crippen LogP contribution in [0.15, 0.2) is 24.4 Å². The first kappa shape index (κ1) is 11.2. The molecule has 5 nitrogen and oxygen atoms in total. The second-order valence-corrected chi connectivity index (χ2v) is 4.70. The minimum Gasteiger partial charge on any atom is -0.391 e. The van der Waals surface area contributed by atoms with Crippen LogP contribution in [-0.4, -0.2) is 45.3 Å². The van der Waals surface area contributed by atoms with E-state index >= 15 is 0 Å². The molecule has 0 spiro atoms. The molecule has 1 aliphatic rings. The molecule has 0 radical (unpaired) electrons. The number of hydrogen-bond acceptors (Lipinski definition) is 3. The Morgan fingerprint density at radius 3 is 3.17 bits per heavy atom. The number of aromatic amines is 1. The Balaban J connectivity index is 1.73. The van der Waals surface area contributed by atoms with Gasteiger partial charge in [0.05, 0.1) is 24.2 Å². The van der Waals surface area contributed by atoms with E-state index in [-0.39, 0.29) is 12.3 Å². The third kappa shape index (κ3) is 1.97. The van der Waals surface area contributed by atoms with Crippen molar-refractivity contribution in [3.8, 4) is 0 Å². The molecule has 1 unspecified atom stereocenters. The van der Waals surface area contributed by atoms with E-state index in [2.05, 4.69) is 16.3 Å². The molecule has 1 atom stereocenters. The number of amides is 1. The fourth-order valence-electron chi connectivity index (χ4n) is 2.47. The van der Waals surface area contributed by atoms with Crippen molar-refractivity contribution in [2.45, 2.75) is 18.9 Å². The normalized spacial score (nSPS) is 19.9. The van der Waals surface area contributed by atoms with Gasteiger partial charge in [-0.3, -0.25) is 9.89 Å². The molecule has 1 saturated heterocycles. The molecule has 2 N–H and O–H groups in total. The maximum atomic E-state index is 11.6. The number of H-pyrrole nitrogens is 1. The summed E-state index contributed by atoms with van der Waals surface area (Å²) in [5.74, 6) is 0.0434. The molecule has 0 bridgehead atoms. The van der Waals surface area contributed by atoms with Gasteiger partial charge >= 0.3 is 0 Å². The summed E-state index contributed by atoms with van der Waals surface area (Å²) in [5, 5.41) is 17.5. The number of hydrogen-bond donors (Lipinski definition) is 2.